The molecule has 1 aromatic heterocycles. The minimum Gasteiger partial charge on any atom is -0.293 e. The molecule has 0 aliphatic rings. The minimum absolute atomic E-state index is 0.0927. The highest BCUT2D eigenvalue weighted by molar-refractivity contribution is 7.90. The Morgan fingerprint density at radius 1 is 1.13 bits per heavy atom. The predicted octanol–water partition coefficient (Wildman–Crippen LogP) is 3.28. The van der Waals surface area contributed by atoms with Crippen LogP contribution in [0.25, 0.3) is 0 Å². The molecular formula is C15H12F3NO3S. The Kier molecular flexibility index (Phi) is 4.56. The summed E-state index contributed by atoms with van der Waals surface area (Å²) in [6, 6.07) is 7.83. The topological polar surface area (TPSA) is 64.1 Å². The van der Waals surface area contributed by atoms with Crippen molar-refractivity contribution in [2.75, 3.05) is 0 Å². The molecule has 2 aromatic rings. The molecular weight excluding hydrogens is 331 g/mol. The third-order valence-corrected chi connectivity index (χ3v) is 4.67. The molecule has 0 saturated carbocycles. The largest absolute Gasteiger partial charge is 0.416 e. The standard InChI is InChI=1S/C15H12F3NO3S/c1-10(20)14-7-3-5-12(19-14)9-23(21,22)13-6-2-4-11(8-13)15(16,17)18/h2-8H,9H2,1H3. The number of ketones is 1. The molecule has 23 heavy (non-hydrogen) atoms. The van der Waals surface area contributed by atoms with Crippen molar-refractivity contribution in [2.24, 2.45) is 0 Å². The number of rotatable bonds is 4. The maximum atomic E-state index is 12.7. The van der Waals surface area contributed by atoms with E-state index < -0.39 is 32.2 Å². The summed E-state index contributed by atoms with van der Waals surface area (Å²) in [7, 11) is -4.01. The summed E-state index contributed by atoms with van der Waals surface area (Å²) in [4.78, 5) is 14.7. The van der Waals surface area contributed by atoms with Crippen LogP contribution in [0.3, 0.4) is 0 Å². The van der Waals surface area contributed by atoms with E-state index in [2.05, 4.69) is 4.98 Å². The first-order chi connectivity index (χ1) is 10.6. The number of hydrogen-bond donors (Lipinski definition) is 0. The van der Waals surface area contributed by atoms with Crippen LogP contribution < -0.4 is 0 Å². The first kappa shape index (κ1) is 17.1. The number of carbonyl (C=O) groups excluding carboxylic acids is 1. The van der Waals surface area contributed by atoms with E-state index in [0.29, 0.717) is 6.07 Å². The van der Waals surface area contributed by atoms with Gasteiger partial charge in [-0.05, 0) is 30.3 Å². The summed E-state index contributed by atoms with van der Waals surface area (Å²) in [6.45, 7) is 1.29. The van der Waals surface area contributed by atoms with Crippen LogP contribution in [0.5, 0.6) is 0 Å². The first-order valence-electron chi connectivity index (χ1n) is 6.46. The molecule has 4 nitrogen and oxygen atoms in total. The molecule has 0 atom stereocenters. The normalized spacial score (nSPS) is 12.2. The van der Waals surface area contributed by atoms with Crippen LogP contribution in [0.15, 0.2) is 47.4 Å². The average Bonchev–Trinajstić information content (AvgIpc) is 2.46. The van der Waals surface area contributed by atoms with Crippen molar-refractivity contribution in [3.05, 3.63) is 59.4 Å². The van der Waals surface area contributed by atoms with Gasteiger partial charge in [0.15, 0.2) is 15.6 Å². The van der Waals surface area contributed by atoms with Gasteiger partial charge in [0.25, 0.3) is 0 Å². The van der Waals surface area contributed by atoms with E-state index in [1.807, 2.05) is 0 Å². The fourth-order valence-electron chi connectivity index (χ4n) is 1.90. The summed E-state index contributed by atoms with van der Waals surface area (Å²) in [6.07, 6.45) is -4.63. The Bertz CT molecular complexity index is 845. The number of benzene rings is 1. The molecule has 0 bridgehead atoms. The highest BCUT2D eigenvalue weighted by atomic mass is 32.2. The van der Waals surface area contributed by atoms with Gasteiger partial charge in [-0.2, -0.15) is 13.2 Å². The number of halogens is 3. The SMILES string of the molecule is CC(=O)c1cccc(CS(=O)(=O)c2cccc(C(F)(F)F)c2)n1. The molecule has 0 aliphatic heterocycles. The van der Waals surface area contributed by atoms with Crippen molar-refractivity contribution in [2.45, 2.75) is 23.7 Å². The van der Waals surface area contributed by atoms with Crippen molar-refractivity contribution in [1.82, 2.24) is 4.98 Å². The lowest BCUT2D eigenvalue weighted by Crippen LogP contribution is -2.11. The number of pyridine rings is 1. The predicted molar refractivity (Wildman–Crippen MR) is 76.6 cm³/mol. The average molecular weight is 343 g/mol. The number of hydrogen-bond acceptors (Lipinski definition) is 4. The second kappa shape index (κ2) is 6.11. The third-order valence-electron chi connectivity index (χ3n) is 3.03. The van der Waals surface area contributed by atoms with Gasteiger partial charge in [-0.3, -0.25) is 4.79 Å². The van der Waals surface area contributed by atoms with Gasteiger partial charge in [0.2, 0.25) is 0 Å². The molecule has 0 spiro atoms. The number of nitrogens with zero attached hydrogens (tertiary/aromatic N) is 1. The third kappa shape index (κ3) is 4.16. The molecule has 2 rings (SSSR count). The smallest absolute Gasteiger partial charge is 0.293 e. The van der Waals surface area contributed by atoms with Crippen LogP contribution in [0.4, 0.5) is 13.2 Å². The van der Waals surface area contributed by atoms with Crippen LogP contribution in [-0.2, 0) is 21.8 Å². The summed E-state index contributed by atoms with van der Waals surface area (Å²) >= 11 is 0. The number of sulfone groups is 1. The number of aromatic nitrogens is 1. The quantitative estimate of drug-likeness (QED) is 0.799. The second-order valence-electron chi connectivity index (χ2n) is 4.86. The molecule has 0 aliphatic carbocycles. The molecule has 0 saturated heterocycles. The van der Waals surface area contributed by atoms with Gasteiger partial charge in [-0.15, -0.1) is 0 Å². The highest BCUT2D eigenvalue weighted by Crippen LogP contribution is 2.31. The molecule has 1 aromatic carbocycles. The van der Waals surface area contributed by atoms with Crippen LogP contribution in [0, 0.1) is 0 Å². The van der Waals surface area contributed by atoms with Crippen LogP contribution in [-0.4, -0.2) is 19.2 Å². The molecule has 0 unspecified atom stereocenters. The Balaban J connectivity index is 2.36. The Hall–Kier alpha value is -2.22. The Labute approximate surface area is 130 Å². The number of alkyl halides is 3. The fraction of sp³-hybridized carbons (Fsp3) is 0.200. The molecule has 0 radical (unpaired) electrons. The zero-order valence-corrected chi connectivity index (χ0v) is 12.8. The molecule has 122 valence electrons. The molecule has 0 N–H and O–H groups in total. The van der Waals surface area contributed by atoms with Crippen LogP contribution in [0.2, 0.25) is 0 Å². The van der Waals surface area contributed by atoms with Crippen LogP contribution in [0.1, 0.15) is 28.7 Å². The van der Waals surface area contributed by atoms with Gasteiger partial charge < -0.3 is 0 Å². The van der Waals surface area contributed by atoms with Crippen molar-refractivity contribution in [3.8, 4) is 0 Å². The zero-order valence-electron chi connectivity index (χ0n) is 12.0. The summed E-state index contributed by atoms with van der Waals surface area (Å²) < 4.78 is 62.6. The highest BCUT2D eigenvalue weighted by Gasteiger charge is 2.31. The summed E-state index contributed by atoms with van der Waals surface area (Å²) in [5, 5.41) is 0. The van der Waals surface area contributed by atoms with Crippen molar-refractivity contribution >= 4 is 15.6 Å². The van der Waals surface area contributed by atoms with Gasteiger partial charge in [0.1, 0.15) is 5.69 Å². The van der Waals surface area contributed by atoms with Crippen molar-refractivity contribution < 1.29 is 26.4 Å². The number of carbonyl (C=O) groups is 1. The van der Waals surface area contributed by atoms with E-state index in [1.165, 1.54) is 25.1 Å². The van der Waals surface area contributed by atoms with Gasteiger partial charge >= 0.3 is 6.18 Å². The van der Waals surface area contributed by atoms with Gasteiger partial charge in [0.05, 0.1) is 21.9 Å². The molecule has 0 fully saturated rings. The Morgan fingerprint density at radius 2 is 1.78 bits per heavy atom. The van der Waals surface area contributed by atoms with Crippen LogP contribution >= 0.6 is 0 Å². The van der Waals surface area contributed by atoms with E-state index in [0.717, 1.165) is 18.2 Å². The lowest BCUT2D eigenvalue weighted by Gasteiger charge is -2.09. The molecule has 1 heterocycles. The zero-order chi connectivity index (χ0) is 17.3. The lowest BCUT2D eigenvalue weighted by atomic mass is 10.2. The maximum absolute atomic E-state index is 12.7. The Morgan fingerprint density at radius 3 is 2.39 bits per heavy atom. The summed E-state index contributed by atoms with van der Waals surface area (Å²) in [5.74, 6) is -0.918. The summed E-state index contributed by atoms with van der Waals surface area (Å²) in [5.41, 5.74) is -0.846. The van der Waals surface area contributed by atoms with Gasteiger partial charge in [0, 0.05) is 6.92 Å². The van der Waals surface area contributed by atoms with E-state index in [9.17, 15) is 26.4 Å². The lowest BCUT2D eigenvalue weighted by molar-refractivity contribution is -0.137. The first-order valence-corrected chi connectivity index (χ1v) is 8.12. The van der Waals surface area contributed by atoms with Gasteiger partial charge in [-0.25, -0.2) is 13.4 Å². The van der Waals surface area contributed by atoms with Crippen molar-refractivity contribution in [3.63, 3.8) is 0 Å². The van der Waals surface area contributed by atoms with Gasteiger partial charge in [-0.1, -0.05) is 12.1 Å². The fourth-order valence-corrected chi connectivity index (χ4v) is 3.21. The van der Waals surface area contributed by atoms with E-state index >= 15 is 0 Å². The number of Topliss-reactive ketones (excluding diaryl/α,β-unsaturated/α-hetero) is 1. The monoisotopic (exact) mass is 343 g/mol. The molecule has 0 amide bonds. The molecule has 8 heteroatoms. The minimum atomic E-state index is -4.63. The van der Waals surface area contributed by atoms with E-state index in [1.54, 1.807) is 0 Å². The van der Waals surface area contributed by atoms with E-state index in [4.69, 9.17) is 0 Å². The maximum Gasteiger partial charge on any atom is 0.416 e. The van der Waals surface area contributed by atoms with Crippen molar-refractivity contribution in [1.29, 1.82) is 0 Å². The second-order valence-corrected chi connectivity index (χ2v) is 6.84. The van der Waals surface area contributed by atoms with E-state index in [-0.39, 0.29) is 17.2 Å².